The van der Waals surface area contributed by atoms with Crippen molar-refractivity contribution in [1.29, 1.82) is 0 Å². The summed E-state index contributed by atoms with van der Waals surface area (Å²) >= 11 is 0. The van der Waals surface area contributed by atoms with E-state index >= 15 is 0 Å². The summed E-state index contributed by atoms with van der Waals surface area (Å²) in [7, 11) is 1.58. The van der Waals surface area contributed by atoms with Gasteiger partial charge in [-0.3, -0.25) is 0 Å². The van der Waals surface area contributed by atoms with Crippen molar-refractivity contribution in [3.05, 3.63) is 29.8 Å². The molecule has 11 heavy (non-hydrogen) atoms. The van der Waals surface area contributed by atoms with Crippen LogP contribution in [0.5, 0.6) is 5.75 Å². The van der Waals surface area contributed by atoms with Gasteiger partial charge in [-0.1, -0.05) is 12.1 Å². The van der Waals surface area contributed by atoms with Crippen molar-refractivity contribution in [2.75, 3.05) is 7.11 Å². The molecule has 0 aliphatic rings. The number of ether oxygens (including phenoxy) is 1. The molecule has 1 aromatic rings. The van der Waals surface area contributed by atoms with E-state index in [2.05, 4.69) is 0 Å². The van der Waals surface area contributed by atoms with Crippen LogP contribution in [0.4, 0.5) is 0 Å². The van der Waals surface area contributed by atoms with Crippen LogP contribution in [0.25, 0.3) is 0 Å². The summed E-state index contributed by atoms with van der Waals surface area (Å²) in [6, 6.07) is 6.76. The third-order valence-corrected chi connectivity index (χ3v) is 1.21. The Balaban J connectivity index is 0.000001000. The molecule has 0 heterocycles. The smallest absolute Gasteiger partial charge is 0.0943 e. The van der Waals surface area contributed by atoms with Crippen LogP contribution in [-0.2, 0) is 4.79 Å². The van der Waals surface area contributed by atoms with E-state index in [-0.39, 0.29) is 38.6 Å². The standard InChI is InChI=1S/C8H7O2.Tb/c1-10-8-4-2-7(6-9)3-5-8;/h2-5H,1H3;/q-1;. The minimum Gasteiger partial charge on any atom is -0.499 e. The van der Waals surface area contributed by atoms with Gasteiger partial charge in [0, 0.05) is 38.6 Å². The molecule has 2 nitrogen and oxygen atoms in total. The molecule has 0 aliphatic heterocycles. The van der Waals surface area contributed by atoms with E-state index in [0.717, 1.165) is 5.75 Å². The Hall–Kier alpha value is -0.0243. The third kappa shape index (κ3) is 3.25. The van der Waals surface area contributed by atoms with Crippen LogP contribution in [0, 0.1) is 38.6 Å². The molecule has 0 saturated heterocycles. The van der Waals surface area contributed by atoms with Crippen LogP contribution >= 0.6 is 0 Å². The maximum atomic E-state index is 10.0. The van der Waals surface area contributed by atoms with Gasteiger partial charge in [0.25, 0.3) is 0 Å². The first-order valence-electron chi connectivity index (χ1n) is 2.89. The Morgan fingerprint density at radius 3 is 2.18 bits per heavy atom. The van der Waals surface area contributed by atoms with Gasteiger partial charge in [-0.15, -0.1) is 0 Å². The number of methoxy groups -OCH3 is 1. The zero-order chi connectivity index (χ0) is 7.40. The fourth-order valence-electron chi connectivity index (χ4n) is 0.659. The molecule has 0 aliphatic carbocycles. The van der Waals surface area contributed by atoms with Gasteiger partial charge in [-0.2, -0.15) is 17.7 Å². The Kier molecular flexibility index (Phi) is 5.59. The molecule has 0 saturated carbocycles. The van der Waals surface area contributed by atoms with Gasteiger partial charge in [-0.05, 0) is 0 Å². The predicted octanol–water partition coefficient (Wildman–Crippen LogP) is 1.15. The quantitative estimate of drug-likeness (QED) is 0.765. The molecule has 0 fully saturated rings. The average Bonchev–Trinajstić information content (AvgIpc) is 2.05. The molecule has 0 aromatic heterocycles. The van der Waals surface area contributed by atoms with Crippen molar-refractivity contribution in [3.8, 4) is 5.75 Å². The number of carbonyl (C=O) groups excluding carboxylic acids is 1. The van der Waals surface area contributed by atoms with E-state index in [4.69, 9.17) is 4.74 Å². The van der Waals surface area contributed by atoms with Gasteiger partial charge in [0.2, 0.25) is 0 Å². The fourth-order valence-corrected chi connectivity index (χ4v) is 0.659. The summed E-state index contributed by atoms with van der Waals surface area (Å²) in [5, 5.41) is 0. The van der Waals surface area contributed by atoms with Crippen molar-refractivity contribution in [3.63, 3.8) is 0 Å². The predicted molar refractivity (Wildman–Crippen MR) is 37.8 cm³/mol. The number of rotatable bonds is 2. The van der Waals surface area contributed by atoms with Crippen molar-refractivity contribution >= 4 is 6.29 Å². The van der Waals surface area contributed by atoms with Gasteiger partial charge in [0.1, 0.15) is 0 Å². The molecule has 61 valence electrons. The molecule has 0 amide bonds. The van der Waals surface area contributed by atoms with Gasteiger partial charge in [0.15, 0.2) is 0 Å². The molecule has 0 spiro atoms. The molecule has 1 aromatic carbocycles. The Bertz CT molecular complexity index is 218. The van der Waals surface area contributed by atoms with Crippen LogP contribution in [0.1, 0.15) is 5.56 Å². The monoisotopic (exact) mass is 294 g/mol. The zero-order valence-electron chi connectivity index (χ0n) is 5.96. The zero-order valence-corrected chi connectivity index (χ0v) is 8.10. The van der Waals surface area contributed by atoms with E-state index < -0.39 is 0 Å². The Morgan fingerprint density at radius 2 is 1.82 bits per heavy atom. The maximum absolute atomic E-state index is 10.0. The van der Waals surface area contributed by atoms with Gasteiger partial charge < -0.3 is 9.53 Å². The molecule has 0 atom stereocenters. The normalized spacial score (nSPS) is 8.09. The summed E-state index contributed by atoms with van der Waals surface area (Å²) in [5.74, 6) is 0.749. The Labute approximate surface area is 96.4 Å². The maximum Gasteiger partial charge on any atom is 0.0943 e. The van der Waals surface area contributed by atoms with E-state index in [1.165, 1.54) is 0 Å². The van der Waals surface area contributed by atoms with Crippen molar-refractivity contribution < 1.29 is 48.1 Å². The fraction of sp³-hybridized carbons (Fsp3) is 0.125. The molecular weight excluding hydrogens is 287 g/mol. The summed E-state index contributed by atoms with van der Waals surface area (Å²) in [6.07, 6.45) is 1.77. The van der Waals surface area contributed by atoms with E-state index in [9.17, 15) is 4.79 Å². The average molecular weight is 294 g/mol. The number of benzene rings is 1. The minimum absolute atomic E-state index is 0. The molecule has 1 radical (unpaired) electrons. The molecule has 0 N–H and O–H groups in total. The molecular formula is C8H7O2Tb-. The first-order chi connectivity index (χ1) is 4.86. The van der Waals surface area contributed by atoms with Crippen molar-refractivity contribution in [2.45, 2.75) is 0 Å². The van der Waals surface area contributed by atoms with Gasteiger partial charge in [-0.25, -0.2) is 0 Å². The van der Waals surface area contributed by atoms with E-state index in [1.807, 2.05) is 0 Å². The van der Waals surface area contributed by atoms with Crippen LogP contribution in [0.2, 0.25) is 0 Å². The second-order valence-electron chi connectivity index (χ2n) is 1.83. The molecule has 3 heteroatoms. The largest absolute Gasteiger partial charge is 0.499 e. The van der Waals surface area contributed by atoms with Crippen LogP contribution in [0.15, 0.2) is 24.3 Å². The van der Waals surface area contributed by atoms with Gasteiger partial charge >= 0.3 is 0 Å². The SMILES string of the molecule is COc1ccc([C-]=O)cc1.[Tb]. The molecule has 0 bridgehead atoms. The van der Waals surface area contributed by atoms with Crippen LogP contribution in [-0.4, -0.2) is 13.4 Å². The van der Waals surface area contributed by atoms with Crippen LogP contribution < -0.4 is 4.74 Å². The van der Waals surface area contributed by atoms with Gasteiger partial charge in [0.05, 0.1) is 19.1 Å². The van der Waals surface area contributed by atoms with Crippen LogP contribution in [0.3, 0.4) is 0 Å². The number of hydrogen-bond donors (Lipinski definition) is 0. The molecule has 1 rings (SSSR count). The summed E-state index contributed by atoms with van der Waals surface area (Å²) in [5.41, 5.74) is 0.542. The Morgan fingerprint density at radius 1 is 1.27 bits per heavy atom. The molecule has 0 unspecified atom stereocenters. The van der Waals surface area contributed by atoms with Crippen molar-refractivity contribution in [1.82, 2.24) is 0 Å². The van der Waals surface area contributed by atoms with Crippen molar-refractivity contribution in [2.24, 2.45) is 0 Å². The first kappa shape index (κ1) is 11.0. The number of hydrogen-bond acceptors (Lipinski definition) is 2. The van der Waals surface area contributed by atoms with E-state index in [1.54, 1.807) is 37.7 Å². The summed E-state index contributed by atoms with van der Waals surface area (Å²) < 4.78 is 4.88. The summed E-state index contributed by atoms with van der Waals surface area (Å²) in [4.78, 5) is 10.0. The second kappa shape index (κ2) is 5.60. The third-order valence-electron chi connectivity index (χ3n) is 1.21. The van der Waals surface area contributed by atoms with E-state index in [0.29, 0.717) is 5.56 Å². The minimum atomic E-state index is 0. The summed E-state index contributed by atoms with van der Waals surface area (Å²) in [6.45, 7) is 0. The first-order valence-corrected chi connectivity index (χ1v) is 2.89. The topological polar surface area (TPSA) is 26.3 Å². The second-order valence-corrected chi connectivity index (χ2v) is 1.83.